The van der Waals surface area contributed by atoms with Crippen LogP contribution in [0.1, 0.15) is 69.2 Å². The van der Waals surface area contributed by atoms with Crippen molar-refractivity contribution in [2.45, 2.75) is 63.7 Å². The number of aromatic amines is 2. The lowest BCUT2D eigenvalue weighted by Crippen LogP contribution is -1.99. The van der Waals surface area contributed by atoms with Crippen molar-refractivity contribution in [3.05, 3.63) is 34.2 Å². The summed E-state index contributed by atoms with van der Waals surface area (Å²) in [6.45, 7) is 2.24. The summed E-state index contributed by atoms with van der Waals surface area (Å²) < 4.78 is 0. The van der Waals surface area contributed by atoms with Crippen LogP contribution in [0, 0.1) is 0 Å². The lowest BCUT2D eigenvalue weighted by atomic mass is 10.0. The Morgan fingerprint density at radius 2 is 1.67 bits per heavy atom. The predicted octanol–water partition coefficient (Wildman–Crippen LogP) is 5.28. The number of hydrogen-bond acceptors (Lipinski definition) is 1. The molecule has 0 aliphatic carbocycles. The van der Waals surface area contributed by atoms with Crippen molar-refractivity contribution in [2.75, 3.05) is 0 Å². The lowest BCUT2D eigenvalue weighted by molar-refractivity contribution is 0.572. The highest BCUT2D eigenvalue weighted by Crippen LogP contribution is 2.28. The molecule has 2 rings (SSSR count). The summed E-state index contributed by atoms with van der Waals surface area (Å²) in [5.74, 6) is 0. The highest BCUT2D eigenvalue weighted by Gasteiger charge is 2.09. The summed E-state index contributed by atoms with van der Waals surface area (Å²) in [5, 5.41) is 0.0310. The molecule has 0 amide bonds. The fourth-order valence-corrected chi connectivity index (χ4v) is 2.98. The van der Waals surface area contributed by atoms with E-state index in [0.717, 1.165) is 23.0 Å². The number of alkyl halides is 1. The molecule has 0 fully saturated rings. The first-order valence-electron chi connectivity index (χ1n) is 8.06. The van der Waals surface area contributed by atoms with Crippen molar-refractivity contribution in [1.29, 1.82) is 0 Å². The Bertz CT molecular complexity index is 602. The van der Waals surface area contributed by atoms with Crippen LogP contribution >= 0.6 is 11.6 Å². The molecule has 1 unspecified atom stereocenters. The number of rotatable bonds is 9. The Labute approximate surface area is 131 Å². The second-order valence-corrected chi connectivity index (χ2v) is 6.29. The van der Waals surface area contributed by atoms with E-state index < -0.39 is 0 Å². The largest absolute Gasteiger partial charge is 0.323 e. The molecule has 21 heavy (non-hydrogen) atoms. The Balaban J connectivity index is 1.76. The SMILES string of the molecule is CCCCCCCCCC(Cl)c1ccc2[nH]c(=O)[nH]c2c1. The van der Waals surface area contributed by atoms with Crippen molar-refractivity contribution in [3.8, 4) is 0 Å². The van der Waals surface area contributed by atoms with E-state index in [1.165, 1.54) is 44.9 Å². The maximum Gasteiger partial charge on any atom is 0.323 e. The molecule has 3 nitrogen and oxygen atoms in total. The molecule has 2 N–H and O–H groups in total. The maximum atomic E-state index is 11.2. The number of unbranched alkanes of at least 4 members (excludes halogenated alkanes) is 6. The molecule has 1 heterocycles. The molecule has 0 saturated heterocycles. The number of H-pyrrole nitrogens is 2. The van der Waals surface area contributed by atoms with Crippen LogP contribution in [0.2, 0.25) is 0 Å². The van der Waals surface area contributed by atoms with Crippen LogP contribution in [0.4, 0.5) is 0 Å². The monoisotopic (exact) mass is 308 g/mol. The van der Waals surface area contributed by atoms with E-state index in [1.807, 2.05) is 18.2 Å². The van der Waals surface area contributed by atoms with E-state index in [0.29, 0.717) is 0 Å². The van der Waals surface area contributed by atoms with Crippen LogP contribution in [-0.2, 0) is 0 Å². The lowest BCUT2D eigenvalue weighted by Gasteiger charge is -2.09. The van der Waals surface area contributed by atoms with Crippen LogP contribution < -0.4 is 5.69 Å². The minimum atomic E-state index is -0.166. The van der Waals surface area contributed by atoms with E-state index in [-0.39, 0.29) is 11.1 Å². The highest BCUT2D eigenvalue weighted by molar-refractivity contribution is 6.20. The van der Waals surface area contributed by atoms with Crippen LogP contribution in [0.25, 0.3) is 11.0 Å². The first-order valence-corrected chi connectivity index (χ1v) is 8.50. The molecule has 4 heteroatoms. The Hall–Kier alpha value is -1.22. The van der Waals surface area contributed by atoms with E-state index in [2.05, 4.69) is 16.9 Å². The second-order valence-electron chi connectivity index (χ2n) is 5.76. The van der Waals surface area contributed by atoms with Crippen molar-refractivity contribution in [1.82, 2.24) is 9.97 Å². The third-order valence-electron chi connectivity index (χ3n) is 3.96. The van der Waals surface area contributed by atoms with E-state index in [4.69, 9.17) is 11.6 Å². The fraction of sp³-hybridized carbons (Fsp3) is 0.588. The molecule has 116 valence electrons. The van der Waals surface area contributed by atoms with Crippen LogP contribution in [-0.4, -0.2) is 9.97 Å². The number of fused-ring (bicyclic) bond motifs is 1. The Morgan fingerprint density at radius 1 is 1.00 bits per heavy atom. The van der Waals surface area contributed by atoms with Crippen LogP contribution in [0.15, 0.2) is 23.0 Å². The number of halogens is 1. The zero-order chi connectivity index (χ0) is 15.1. The molecule has 1 aromatic heterocycles. The number of aromatic nitrogens is 2. The molecule has 0 aliphatic rings. The average molecular weight is 309 g/mol. The van der Waals surface area contributed by atoms with Gasteiger partial charge in [0.2, 0.25) is 0 Å². The van der Waals surface area contributed by atoms with Crippen molar-refractivity contribution >= 4 is 22.6 Å². The highest BCUT2D eigenvalue weighted by atomic mass is 35.5. The van der Waals surface area contributed by atoms with Gasteiger partial charge in [0, 0.05) is 0 Å². The minimum absolute atomic E-state index is 0.0310. The van der Waals surface area contributed by atoms with Gasteiger partial charge in [-0.25, -0.2) is 4.79 Å². The Kier molecular flexibility index (Phi) is 6.37. The van der Waals surface area contributed by atoms with Crippen molar-refractivity contribution in [2.24, 2.45) is 0 Å². The first kappa shape index (κ1) is 16.2. The maximum absolute atomic E-state index is 11.2. The van der Waals surface area contributed by atoms with Crippen LogP contribution in [0.3, 0.4) is 0 Å². The van der Waals surface area contributed by atoms with Gasteiger partial charge in [-0.2, -0.15) is 0 Å². The molecule has 0 saturated carbocycles. The third-order valence-corrected chi connectivity index (χ3v) is 4.43. The van der Waals surface area contributed by atoms with Crippen molar-refractivity contribution in [3.63, 3.8) is 0 Å². The standard InChI is InChI=1S/C17H25ClN2O/c1-2-3-4-5-6-7-8-9-14(18)13-10-11-15-16(12-13)20-17(21)19-15/h10-12,14H,2-9H2,1H3,(H2,19,20,21). The predicted molar refractivity (Wildman–Crippen MR) is 90.1 cm³/mol. The zero-order valence-electron chi connectivity index (χ0n) is 12.8. The van der Waals surface area contributed by atoms with Gasteiger partial charge in [-0.1, -0.05) is 57.9 Å². The average Bonchev–Trinajstić information content (AvgIpc) is 2.85. The van der Waals surface area contributed by atoms with E-state index in [1.54, 1.807) is 0 Å². The summed E-state index contributed by atoms with van der Waals surface area (Å²) in [6, 6.07) is 5.90. The van der Waals surface area contributed by atoms with Gasteiger partial charge in [0.1, 0.15) is 0 Å². The van der Waals surface area contributed by atoms with Gasteiger partial charge in [0.25, 0.3) is 0 Å². The normalized spacial score (nSPS) is 12.9. The molecule has 2 aromatic rings. The fourth-order valence-electron chi connectivity index (χ4n) is 2.69. The van der Waals surface area contributed by atoms with Crippen molar-refractivity contribution < 1.29 is 0 Å². The zero-order valence-corrected chi connectivity index (χ0v) is 13.5. The van der Waals surface area contributed by atoms with Gasteiger partial charge >= 0.3 is 5.69 Å². The number of imidazole rings is 1. The number of hydrogen-bond donors (Lipinski definition) is 2. The summed E-state index contributed by atoms with van der Waals surface area (Å²) >= 11 is 6.47. The van der Waals surface area contributed by atoms with E-state index in [9.17, 15) is 4.79 Å². The second kappa shape index (κ2) is 8.28. The number of nitrogens with one attached hydrogen (secondary N) is 2. The molecule has 0 bridgehead atoms. The quantitative estimate of drug-likeness (QED) is 0.480. The van der Waals surface area contributed by atoms with Gasteiger partial charge in [0.15, 0.2) is 0 Å². The topological polar surface area (TPSA) is 48.6 Å². The summed E-state index contributed by atoms with van der Waals surface area (Å²) in [4.78, 5) is 16.8. The first-order chi connectivity index (χ1) is 10.2. The molecule has 0 aliphatic heterocycles. The van der Waals surface area contributed by atoms with E-state index >= 15 is 0 Å². The summed E-state index contributed by atoms with van der Waals surface area (Å²) in [6.07, 6.45) is 10.1. The Morgan fingerprint density at radius 3 is 2.43 bits per heavy atom. The van der Waals surface area contributed by atoms with Crippen LogP contribution in [0.5, 0.6) is 0 Å². The van der Waals surface area contributed by atoms with Gasteiger partial charge in [0.05, 0.1) is 16.4 Å². The van der Waals surface area contributed by atoms with Gasteiger partial charge in [-0.15, -0.1) is 11.6 Å². The minimum Gasteiger partial charge on any atom is -0.306 e. The van der Waals surface area contributed by atoms with Gasteiger partial charge < -0.3 is 9.97 Å². The van der Waals surface area contributed by atoms with Gasteiger partial charge in [-0.05, 0) is 24.1 Å². The smallest absolute Gasteiger partial charge is 0.306 e. The third kappa shape index (κ3) is 4.92. The number of benzene rings is 1. The molecular formula is C17H25ClN2O. The molecule has 1 aromatic carbocycles. The summed E-state index contributed by atoms with van der Waals surface area (Å²) in [5.41, 5.74) is 2.59. The van der Waals surface area contributed by atoms with Gasteiger partial charge in [-0.3, -0.25) is 0 Å². The summed E-state index contributed by atoms with van der Waals surface area (Å²) in [7, 11) is 0. The molecular weight excluding hydrogens is 284 g/mol. The molecule has 0 radical (unpaired) electrons. The molecule has 1 atom stereocenters. The molecule has 0 spiro atoms.